The number of nitriles is 1. The van der Waals surface area contributed by atoms with Crippen molar-refractivity contribution in [3.05, 3.63) is 94.2 Å². The lowest BCUT2D eigenvalue weighted by Gasteiger charge is -2.13. The summed E-state index contributed by atoms with van der Waals surface area (Å²) >= 11 is 1.58. The lowest BCUT2D eigenvalue weighted by molar-refractivity contribution is 0.0589. The van der Waals surface area contributed by atoms with E-state index in [0.717, 1.165) is 20.9 Å². The molecule has 6 nitrogen and oxygen atoms in total. The molecule has 0 spiro atoms. The largest absolute Gasteiger partial charge is 0.464 e. The van der Waals surface area contributed by atoms with Crippen LogP contribution in [0.2, 0.25) is 0 Å². The summed E-state index contributed by atoms with van der Waals surface area (Å²) in [4.78, 5) is 28.4. The Morgan fingerprint density at radius 1 is 0.972 bits per heavy atom. The Morgan fingerprint density at radius 3 is 2.31 bits per heavy atom. The molecular weight excluding hydrogens is 470 g/mol. The molecule has 3 aromatic carbocycles. The number of fused-ring (bicyclic) bond motifs is 1. The van der Waals surface area contributed by atoms with Crippen molar-refractivity contribution in [1.82, 2.24) is 9.47 Å². The molecule has 4 aromatic rings. The van der Waals surface area contributed by atoms with Gasteiger partial charge < -0.3 is 14.2 Å². The van der Waals surface area contributed by atoms with Crippen LogP contribution in [0.4, 0.5) is 0 Å². The van der Waals surface area contributed by atoms with E-state index in [4.69, 9.17) is 4.74 Å². The molecule has 0 radical (unpaired) electrons. The number of carbonyl (C=O) groups excluding carboxylic acids is 2. The Hall–Kier alpha value is -4.02. The van der Waals surface area contributed by atoms with Gasteiger partial charge in [0.1, 0.15) is 5.69 Å². The summed E-state index contributed by atoms with van der Waals surface area (Å²) in [5, 5.41) is 10.6. The van der Waals surface area contributed by atoms with Crippen molar-refractivity contribution in [3.8, 4) is 6.07 Å². The van der Waals surface area contributed by atoms with Crippen molar-refractivity contribution < 1.29 is 14.3 Å². The van der Waals surface area contributed by atoms with E-state index < -0.39 is 5.97 Å². The number of carbonyl (C=O) groups is 2. The van der Waals surface area contributed by atoms with E-state index in [-0.39, 0.29) is 5.91 Å². The molecule has 0 aliphatic rings. The Bertz CT molecular complexity index is 1510. The van der Waals surface area contributed by atoms with Crippen molar-refractivity contribution in [2.75, 3.05) is 21.2 Å². The smallest absolute Gasteiger partial charge is 0.354 e. The Labute approximate surface area is 215 Å². The molecule has 1 aromatic heterocycles. The molecule has 0 aliphatic heterocycles. The first-order chi connectivity index (χ1) is 17.2. The number of benzene rings is 3. The van der Waals surface area contributed by atoms with E-state index in [1.165, 1.54) is 23.1 Å². The fraction of sp³-hybridized carbons (Fsp3) is 0.207. The highest BCUT2D eigenvalue weighted by atomic mass is 32.2. The lowest BCUT2D eigenvalue weighted by atomic mass is 10.1. The zero-order valence-corrected chi connectivity index (χ0v) is 21.8. The van der Waals surface area contributed by atoms with Crippen LogP contribution in [0.1, 0.15) is 43.1 Å². The minimum atomic E-state index is -0.474. The Balaban J connectivity index is 1.80. The van der Waals surface area contributed by atoms with E-state index in [1.807, 2.05) is 28.8 Å². The summed E-state index contributed by atoms with van der Waals surface area (Å²) in [6.45, 7) is 4.54. The molecule has 7 heteroatoms. The van der Waals surface area contributed by atoms with Gasteiger partial charge in [-0.2, -0.15) is 5.26 Å². The molecule has 1 heterocycles. The number of nitrogens with zero attached hydrogens (tertiary/aromatic N) is 3. The molecule has 0 N–H and O–H groups in total. The predicted molar refractivity (Wildman–Crippen MR) is 142 cm³/mol. The van der Waals surface area contributed by atoms with Gasteiger partial charge >= 0.3 is 5.97 Å². The third kappa shape index (κ3) is 5.00. The van der Waals surface area contributed by atoms with E-state index in [1.54, 1.807) is 44.1 Å². The molecule has 0 fully saturated rings. The first-order valence-electron chi connectivity index (χ1n) is 11.4. The van der Waals surface area contributed by atoms with Crippen molar-refractivity contribution in [2.24, 2.45) is 0 Å². The molecule has 0 aliphatic carbocycles. The predicted octanol–water partition coefficient (Wildman–Crippen LogP) is 5.82. The van der Waals surface area contributed by atoms with Crippen LogP contribution >= 0.6 is 11.8 Å². The number of esters is 1. The third-order valence-corrected chi connectivity index (χ3v) is 7.13. The number of rotatable bonds is 6. The first-order valence-corrected chi connectivity index (χ1v) is 12.2. The molecule has 0 bridgehead atoms. The SMILES string of the molecule is COC(=O)c1cc2c(C#N)cc(Sc3ccc(C)c(C)c3)cc2n1Cc1ccc(C(=O)N(C)C)cc1. The van der Waals surface area contributed by atoms with E-state index >= 15 is 0 Å². The molecule has 0 unspecified atom stereocenters. The van der Waals surface area contributed by atoms with Gasteiger partial charge in [-0.05, 0) is 73.0 Å². The normalized spacial score (nSPS) is 10.8. The number of hydrogen-bond donors (Lipinski definition) is 0. The van der Waals surface area contributed by atoms with Crippen LogP contribution in [0.15, 0.2) is 70.5 Å². The summed E-state index contributed by atoms with van der Waals surface area (Å²) in [5.41, 5.74) is 5.57. The Morgan fingerprint density at radius 2 is 1.69 bits per heavy atom. The van der Waals surface area contributed by atoms with Gasteiger partial charge in [-0.1, -0.05) is 30.0 Å². The molecular formula is C29H27N3O3S. The van der Waals surface area contributed by atoms with Gasteiger partial charge in [-0.25, -0.2) is 4.79 Å². The van der Waals surface area contributed by atoms with Gasteiger partial charge in [0.25, 0.3) is 5.91 Å². The molecule has 4 rings (SSSR count). The standard InChI is InChI=1S/C29H27N3O3S/c1-18-6-11-23(12-19(18)2)36-24-13-22(16-30)25-15-27(29(34)35-5)32(26(25)14-24)17-20-7-9-21(10-8-20)28(33)31(3)4/h6-15H,17H2,1-5H3. The lowest BCUT2D eigenvalue weighted by Crippen LogP contribution is -2.21. The third-order valence-electron chi connectivity index (χ3n) is 6.17. The molecule has 0 saturated heterocycles. The minimum absolute atomic E-state index is 0.0742. The number of ether oxygens (including phenoxy) is 1. The highest BCUT2D eigenvalue weighted by Gasteiger charge is 2.20. The van der Waals surface area contributed by atoms with E-state index in [9.17, 15) is 14.9 Å². The number of aryl methyl sites for hydroxylation is 2. The zero-order chi connectivity index (χ0) is 26.0. The maximum Gasteiger partial charge on any atom is 0.354 e. The molecule has 36 heavy (non-hydrogen) atoms. The van der Waals surface area contributed by atoms with Crippen LogP contribution in [0, 0.1) is 25.2 Å². The molecule has 0 saturated carbocycles. The minimum Gasteiger partial charge on any atom is -0.464 e. The highest BCUT2D eigenvalue weighted by molar-refractivity contribution is 7.99. The van der Waals surface area contributed by atoms with Crippen molar-refractivity contribution in [2.45, 2.75) is 30.2 Å². The van der Waals surface area contributed by atoms with Crippen LogP contribution in [-0.2, 0) is 11.3 Å². The number of aromatic nitrogens is 1. The summed E-state index contributed by atoms with van der Waals surface area (Å²) in [6.07, 6.45) is 0. The van der Waals surface area contributed by atoms with Gasteiger partial charge in [0.2, 0.25) is 0 Å². The van der Waals surface area contributed by atoms with Crippen molar-refractivity contribution in [1.29, 1.82) is 5.26 Å². The van der Waals surface area contributed by atoms with Gasteiger partial charge in [0.15, 0.2) is 0 Å². The van der Waals surface area contributed by atoms with Gasteiger partial charge in [-0.15, -0.1) is 0 Å². The second kappa shape index (κ2) is 10.3. The summed E-state index contributed by atoms with van der Waals surface area (Å²) in [5.74, 6) is -0.548. The summed E-state index contributed by atoms with van der Waals surface area (Å²) in [7, 11) is 4.77. The van der Waals surface area contributed by atoms with Crippen LogP contribution in [-0.4, -0.2) is 42.5 Å². The van der Waals surface area contributed by atoms with Crippen molar-refractivity contribution in [3.63, 3.8) is 0 Å². The summed E-state index contributed by atoms with van der Waals surface area (Å²) in [6, 6.07) is 21.5. The number of hydrogen-bond acceptors (Lipinski definition) is 5. The molecule has 0 atom stereocenters. The zero-order valence-electron chi connectivity index (χ0n) is 21.0. The maximum atomic E-state index is 12.7. The fourth-order valence-corrected chi connectivity index (χ4v) is 5.03. The summed E-state index contributed by atoms with van der Waals surface area (Å²) < 4.78 is 6.92. The van der Waals surface area contributed by atoms with Gasteiger partial charge in [-0.3, -0.25) is 4.79 Å². The van der Waals surface area contributed by atoms with Gasteiger partial charge in [0.05, 0.1) is 24.3 Å². The topological polar surface area (TPSA) is 75.3 Å². The maximum absolute atomic E-state index is 12.7. The van der Waals surface area contributed by atoms with E-state index in [0.29, 0.717) is 28.8 Å². The average Bonchev–Trinajstić information content (AvgIpc) is 3.23. The van der Waals surface area contributed by atoms with E-state index in [2.05, 4.69) is 38.1 Å². The second-order valence-electron chi connectivity index (χ2n) is 8.87. The first kappa shape index (κ1) is 25.1. The molecule has 1 amide bonds. The average molecular weight is 498 g/mol. The highest BCUT2D eigenvalue weighted by Crippen LogP contribution is 2.35. The fourth-order valence-electron chi connectivity index (χ4n) is 4.03. The van der Waals surface area contributed by atoms with Crippen LogP contribution in [0.5, 0.6) is 0 Å². The van der Waals surface area contributed by atoms with Crippen molar-refractivity contribution >= 4 is 34.5 Å². The number of methoxy groups -OCH3 is 1. The molecule has 182 valence electrons. The second-order valence-corrected chi connectivity index (χ2v) is 10.0. The quantitative estimate of drug-likeness (QED) is 0.314. The van der Waals surface area contributed by atoms with Gasteiger partial charge in [0, 0.05) is 41.4 Å². The van der Waals surface area contributed by atoms with Crippen LogP contribution < -0.4 is 0 Å². The van der Waals surface area contributed by atoms with Crippen LogP contribution in [0.25, 0.3) is 10.9 Å². The monoisotopic (exact) mass is 497 g/mol. The number of amides is 1. The van der Waals surface area contributed by atoms with Crippen LogP contribution in [0.3, 0.4) is 0 Å². The Kier molecular flexibility index (Phi) is 7.18.